The Labute approximate surface area is 238 Å². The van der Waals surface area contributed by atoms with E-state index in [0.717, 1.165) is 28.6 Å². The van der Waals surface area contributed by atoms with Crippen molar-refractivity contribution in [2.75, 3.05) is 6.54 Å². The largest absolute Gasteiger partial charge is 0.481 e. The van der Waals surface area contributed by atoms with Gasteiger partial charge in [-0.25, -0.2) is 5.06 Å². The third kappa shape index (κ3) is 6.86. The van der Waals surface area contributed by atoms with Gasteiger partial charge in [-0.2, -0.15) is 18.3 Å². The Morgan fingerprint density at radius 3 is 2.41 bits per heavy atom. The second-order valence-electron chi connectivity index (χ2n) is 10.2. The summed E-state index contributed by atoms with van der Waals surface area (Å²) in [6.45, 7) is 5.59. The maximum atomic E-state index is 13.1. The van der Waals surface area contributed by atoms with Crippen molar-refractivity contribution in [2.45, 2.75) is 45.8 Å². The molecule has 2 N–H and O–H groups in total. The molecule has 2 aromatic carbocycles. The molecule has 0 saturated heterocycles. The van der Waals surface area contributed by atoms with E-state index in [1.54, 1.807) is 10.7 Å². The van der Waals surface area contributed by atoms with Gasteiger partial charge in [-0.1, -0.05) is 37.6 Å². The molecular formula is C29H28ClF3N4O4. The molecule has 12 heteroatoms. The Hall–Kier alpha value is -3.96. The number of carboxylic acid groups (broad SMARTS) is 1. The lowest BCUT2D eigenvalue weighted by molar-refractivity contribution is -0.139. The van der Waals surface area contributed by atoms with Crippen molar-refractivity contribution >= 4 is 34.4 Å². The van der Waals surface area contributed by atoms with Crippen molar-refractivity contribution in [2.24, 2.45) is 5.92 Å². The predicted molar refractivity (Wildman–Crippen MR) is 147 cm³/mol. The number of aliphatic carboxylic acids is 1. The van der Waals surface area contributed by atoms with Crippen LogP contribution >= 0.6 is 11.6 Å². The summed E-state index contributed by atoms with van der Waals surface area (Å²) in [5.74, 6) is -1.69. The number of aromatic nitrogens is 3. The molecule has 0 aliphatic rings. The van der Waals surface area contributed by atoms with Gasteiger partial charge in [0.25, 0.3) is 5.91 Å². The smallest absolute Gasteiger partial charge is 0.416 e. The third-order valence-corrected chi connectivity index (χ3v) is 6.94. The molecule has 1 atom stereocenters. The van der Waals surface area contributed by atoms with Crippen LogP contribution in [0.3, 0.4) is 0 Å². The van der Waals surface area contributed by atoms with Crippen LogP contribution in [0, 0.1) is 12.8 Å². The molecule has 0 aliphatic carbocycles. The number of carbonyl (C=O) groups excluding carboxylic acids is 1. The molecule has 4 rings (SSSR count). The molecule has 0 spiro atoms. The van der Waals surface area contributed by atoms with Gasteiger partial charge in [0.05, 0.1) is 30.1 Å². The first kappa shape index (κ1) is 30.0. The molecule has 0 aliphatic heterocycles. The second kappa shape index (κ2) is 11.9. The van der Waals surface area contributed by atoms with Crippen molar-refractivity contribution in [1.29, 1.82) is 0 Å². The standard InChI is InChI=1S/C29H28ClF3N4O4/c1-16(2)10-26(18-4-7-24(34-14-18)28(40)37(41)9-8-27(38)39)36-15-19-12-22(17(3)11-25(19)35-36)21-6-5-20(13-23(21)30)29(31,32)33/h4-7,11-16,26,41H,8-10H2,1-3H3,(H,38,39). The van der Waals surface area contributed by atoms with Gasteiger partial charge < -0.3 is 5.11 Å². The summed E-state index contributed by atoms with van der Waals surface area (Å²) in [6.07, 6.45) is -0.841. The summed E-state index contributed by atoms with van der Waals surface area (Å²) in [6, 6.07) is 9.93. The minimum Gasteiger partial charge on any atom is -0.481 e. The van der Waals surface area contributed by atoms with E-state index in [1.807, 2.05) is 25.3 Å². The lowest BCUT2D eigenvalue weighted by atomic mass is 9.97. The van der Waals surface area contributed by atoms with Gasteiger partial charge in [0.15, 0.2) is 0 Å². The fourth-order valence-electron chi connectivity index (χ4n) is 4.56. The molecule has 0 fully saturated rings. The van der Waals surface area contributed by atoms with Crippen LogP contribution in [0.25, 0.3) is 22.0 Å². The van der Waals surface area contributed by atoms with E-state index < -0.39 is 30.0 Å². The first-order valence-corrected chi connectivity index (χ1v) is 13.2. The fourth-order valence-corrected chi connectivity index (χ4v) is 4.84. The number of amides is 1. The van der Waals surface area contributed by atoms with Crippen LogP contribution in [0.2, 0.25) is 5.02 Å². The van der Waals surface area contributed by atoms with Crippen molar-refractivity contribution in [1.82, 2.24) is 19.8 Å². The van der Waals surface area contributed by atoms with E-state index in [4.69, 9.17) is 21.8 Å². The molecule has 0 radical (unpaired) electrons. The summed E-state index contributed by atoms with van der Waals surface area (Å²) in [5.41, 5.74) is 2.57. The highest BCUT2D eigenvalue weighted by Gasteiger charge is 2.31. The lowest BCUT2D eigenvalue weighted by Crippen LogP contribution is -2.30. The average Bonchev–Trinajstić information content (AvgIpc) is 3.31. The summed E-state index contributed by atoms with van der Waals surface area (Å²) >= 11 is 6.28. The lowest BCUT2D eigenvalue weighted by Gasteiger charge is -2.20. The van der Waals surface area contributed by atoms with Crippen LogP contribution in [0.4, 0.5) is 13.2 Å². The summed E-state index contributed by atoms with van der Waals surface area (Å²) < 4.78 is 41.2. The number of hydroxylamine groups is 2. The number of nitrogens with zero attached hydrogens (tertiary/aromatic N) is 4. The minimum absolute atomic E-state index is 0.00234. The number of hydrogen-bond acceptors (Lipinski definition) is 5. The summed E-state index contributed by atoms with van der Waals surface area (Å²) in [5, 5.41) is 24.5. The number of carboxylic acids is 1. The number of fused-ring (bicyclic) bond motifs is 1. The molecular weight excluding hydrogens is 561 g/mol. The molecule has 216 valence electrons. The first-order valence-electron chi connectivity index (χ1n) is 12.8. The molecule has 2 heterocycles. The van der Waals surface area contributed by atoms with E-state index in [2.05, 4.69) is 18.8 Å². The van der Waals surface area contributed by atoms with E-state index in [0.29, 0.717) is 28.1 Å². The van der Waals surface area contributed by atoms with Gasteiger partial charge in [0.1, 0.15) is 5.69 Å². The topological polar surface area (TPSA) is 109 Å². The van der Waals surface area contributed by atoms with Gasteiger partial charge in [0, 0.05) is 28.4 Å². The van der Waals surface area contributed by atoms with Crippen LogP contribution < -0.4 is 0 Å². The number of halogens is 4. The summed E-state index contributed by atoms with van der Waals surface area (Å²) in [7, 11) is 0. The maximum Gasteiger partial charge on any atom is 0.416 e. The van der Waals surface area contributed by atoms with Crippen LogP contribution in [0.1, 0.15) is 59.9 Å². The Balaban J connectivity index is 1.66. The monoisotopic (exact) mass is 588 g/mol. The van der Waals surface area contributed by atoms with Gasteiger partial charge >= 0.3 is 12.1 Å². The zero-order valence-corrected chi connectivity index (χ0v) is 23.2. The molecule has 0 bridgehead atoms. The second-order valence-corrected chi connectivity index (χ2v) is 10.6. The Morgan fingerprint density at radius 2 is 1.83 bits per heavy atom. The third-order valence-electron chi connectivity index (χ3n) is 6.63. The maximum absolute atomic E-state index is 13.1. The number of benzene rings is 2. The van der Waals surface area contributed by atoms with Crippen molar-refractivity contribution in [3.8, 4) is 11.1 Å². The summed E-state index contributed by atoms with van der Waals surface area (Å²) in [4.78, 5) is 27.3. The molecule has 2 aromatic heterocycles. The molecule has 41 heavy (non-hydrogen) atoms. The molecule has 1 unspecified atom stereocenters. The van der Waals surface area contributed by atoms with Gasteiger partial charge in [0.2, 0.25) is 0 Å². The van der Waals surface area contributed by atoms with Crippen molar-refractivity contribution in [3.63, 3.8) is 0 Å². The normalized spacial score (nSPS) is 12.6. The number of pyridine rings is 1. The van der Waals surface area contributed by atoms with E-state index in [1.165, 1.54) is 18.3 Å². The molecule has 1 amide bonds. The Morgan fingerprint density at radius 1 is 1.10 bits per heavy atom. The quantitative estimate of drug-likeness (QED) is 0.161. The highest BCUT2D eigenvalue weighted by atomic mass is 35.5. The number of rotatable bonds is 9. The zero-order valence-electron chi connectivity index (χ0n) is 22.5. The predicted octanol–water partition coefficient (Wildman–Crippen LogP) is 7.02. The van der Waals surface area contributed by atoms with Crippen LogP contribution in [-0.4, -0.2) is 48.6 Å². The van der Waals surface area contributed by atoms with Crippen LogP contribution in [-0.2, 0) is 11.0 Å². The van der Waals surface area contributed by atoms with Crippen LogP contribution in [0.5, 0.6) is 0 Å². The molecule has 8 nitrogen and oxygen atoms in total. The Bertz CT molecular complexity index is 1590. The number of aryl methyl sites for hydroxylation is 1. The minimum atomic E-state index is -4.49. The molecule has 4 aromatic rings. The van der Waals surface area contributed by atoms with E-state index in [9.17, 15) is 28.0 Å². The highest BCUT2D eigenvalue weighted by molar-refractivity contribution is 6.33. The molecule has 0 saturated carbocycles. The van der Waals surface area contributed by atoms with Gasteiger partial charge in [-0.3, -0.25) is 24.5 Å². The highest BCUT2D eigenvalue weighted by Crippen LogP contribution is 2.38. The number of carbonyl (C=O) groups is 2. The fraction of sp³-hybridized carbons (Fsp3) is 0.310. The van der Waals surface area contributed by atoms with Crippen LogP contribution in [0.15, 0.2) is 54.9 Å². The zero-order chi connectivity index (χ0) is 30.1. The number of hydrogen-bond donors (Lipinski definition) is 2. The average molecular weight is 589 g/mol. The Kier molecular flexibility index (Phi) is 8.69. The van der Waals surface area contributed by atoms with Gasteiger partial charge in [-0.05, 0) is 66.3 Å². The SMILES string of the molecule is Cc1cc2nn(C(CC(C)C)c3ccc(C(=O)N(O)CCC(=O)O)nc3)cc2cc1-c1ccc(C(F)(F)F)cc1Cl. The van der Waals surface area contributed by atoms with Crippen molar-refractivity contribution < 1.29 is 33.1 Å². The van der Waals surface area contributed by atoms with Crippen molar-refractivity contribution in [3.05, 3.63) is 82.3 Å². The first-order chi connectivity index (χ1) is 19.2. The van der Waals surface area contributed by atoms with Gasteiger partial charge in [-0.15, -0.1) is 0 Å². The van der Waals surface area contributed by atoms with E-state index >= 15 is 0 Å². The number of alkyl halides is 3. The van der Waals surface area contributed by atoms with E-state index in [-0.39, 0.29) is 29.2 Å².